The fourth-order valence-corrected chi connectivity index (χ4v) is 2.08. The van der Waals surface area contributed by atoms with Gasteiger partial charge < -0.3 is 10.2 Å². The lowest BCUT2D eigenvalue weighted by molar-refractivity contribution is -0.140. The number of hydrogen-bond acceptors (Lipinski definition) is 4. The van der Waals surface area contributed by atoms with Crippen LogP contribution in [0.15, 0.2) is 0 Å². The zero-order valence-corrected chi connectivity index (χ0v) is 9.49. The van der Waals surface area contributed by atoms with E-state index in [0.717, 1.165) is 19.4 Å². The number of hydrogen-bond donors (Lipinski definition) is 1. The van der Waals surface area contributed by atoms with Crippen molar-refractivity contribution in [3.63, 3.8) is 0 Å². The van der Waals surface area contributed by atoms with Gasteiger partial charge in [0.05, 0.1) is 17.6 Å². The van der Waals surface area contributed by atoms with Gasteiger partial charge in [0.2, 0.25) is 5.91 Å². The SMILES string of the molecule is CCC1(C(=O)N(CC#N)CC#N)CCNC1. The maximum absolute atomic E-state index is 12.3. The van der Waals surface area contributed by atoms with Gasteiger partial charge in [-0.15, -0.1) is 0 Å². The summed E-state index contributed by atoms with van der Waals surface area (Å²) in [6.45, 7) is 3.44. The molecular weight excluding hydrogens is 204 g/mol. The largest absolute Gasteiger partial charge is 0.316 e. The first-order valence-corrected chi connectivity index (χ1v) is 5.44. The second-order valence-corrected chi connectivity index (χ2v) is 4.04. The predicted molar refractivity (Wildman–Crippen MR) is 58.0 cm³/mol. The molecule has 5 heteroatoms. The summed E-state index contributed by atoms with van der Waals surface area (Å²) < 4.78 is 0. The van der Waals surface area contributed by atoms with Crippen molar-refractivity contribution in [3.05, 3.63) is 0 Å². The van der Waals surface area contributed by atoms with E-state index in [1.54, 1.807) is 0 Å². The quantitative estimate of drug-likeness (QED) is 0.689. The molecule has 5 nitrogen and oxygen atoms in total. The Balaban J connectivity index is 2.80. The van der Waals surface area contributed by atoms with E-state index < -0.39 is 5.41 Å². The van der Waals surface area contributed by atoms with Gasteiger partial charge in [0.1, 0.15) is 13.1 Å². The molecule has 1 aliphatic rings. The molecule has 0 bridgehead atoms. The Labute approximate surface area is 95.6 Å². The van der Waals surface area contributed by atoms with Crippen LogP contribution in [0.4, 0.5) is 0 Å². The first kappa shape index (κ1) is 12.5. The normalized spacial score (nSPS) is 23.4. The molecule has 0 aromatic rings. The van der Waals surface area contributed by atoms with Crippen LogP contribution in [0.5, 0.6) is 0 Å². The van der Waals surface area contributed by atoms with E-state index in [2.05, 4.69) is 5.32 Å². The third-order valence-corrected chi connectivity index (χ3v) is 3.18. The molecule has 0 radical (unpaired) electrons. The second kappa shape index (κ2) is 5.48. The zero-order chi connectivity index (χ0) is 12.0. The van der Waals surface area contributed by atoms with Gasteiger partial charge in [0.15, 0.2) is 0 Å². The van der Waals surface area contributed by atoms with Crippen molar-refractivity contribution in [1.82, 2.24) is 10.2 Å². The summed E-state index contributed by atoms with van der Waals surface area (Å²) in [7, 11) is 0. The standard InChI is InChI=1S/C11H16N4O/c1-2-11(3-6-14-9-11)10(16)15(7-4-12)8-5-13/h14H,2-3,6-9H2,1H3. The number of rotatable bonds is 4. The average molecular weight is 220 g/mol. The van der Waals surface area contributed by atoms with Crippen molar-refractivity contribution in [2.45, 2.75) is 19.8 Å². The highest BCUT2D eigenvalue weighted by Crippen LogP contribution is 2.31. The minimum Gasteiger partial charge on any atom is -0.316 e. The van der Waals surface area contributed by atoms with Crippen molar-refractivity contribution >= 4 is 5.91 Å². The Kier molecular flexibility index (Phi) is 4.28. The van der Waals surface area contributed by atoms with E-state index >= 15 is 0 Å². The van der Waals surface area contributed by atoms with Gasteiger partial charge in [-0.2, -0.15) is 10.5 Å². The Morgan fingerprint density at radius 3 is 2.44 bits per heavy atom. The van der Waals surface area contributed by atoms with Gasteiger partial charge in [-0.1, -0.05) is 6.92 Å². The highest BCUT2D eigenvalue weighted by molar-refractivity contribution is 5.83. The minimum absolute atomic E-state index is 0.00581. The molecule has 0 aromatic carbocycles. The molecule has 1 atom stereocenters. The van der Waals surface area contributed by atoms with Crippen LogP contribution in [-0.2, 0) is 4.79 Å². The molecule has 1 N–H and O–H groups in total. The molecule has 16 heavy (non-hydrogen) atoms. The van der Waals surface area contributed by atoms with Crippen LogP contribution in [-0.4, -0.2) is 37.0 Å². The number of nitrogens with one attached hydrogen (secondary N) is 1. The van der Waals surface area contributed by atoms with Crippen molar-refractivity contribution in [2.75, 3.05) is 26.2 Å². The fourth-order valence-electron chi connectivity index (χ4n) is 2.08. The molecule has 1 aliphatic heterocycles. The molecule has 1 amide bonds. The highest BCUT2D eigenvalue weighted by atomic mass is 16.2. The fraction of sp³-hybridized carbons (Fsp3) is 0.727. The smallest absolute Gasteiger partial charge is 0.231 e. The Bertz CT molecular complexity index is 317. The molecule has 1 fully saturated rings. The molecule has 0 saturated carbocycles. The summed E-state index contributed by atoms with van der Waals surface area (Å²) in [5, 5.41) is 20.5. The Morgan fingerprint density at radius 1 is 1.44 bits per heavy atom. The number of amides is 1. The van der Waals surface area contributed by atoms with E-state index in [1.807, 2.05) is 19.1 Å². The number of nitrogens with zero attached hydrogens (tertiary/aromatic N) is 3. The van der Waals surface area contributed by atoms with Gasteiger partial charge >= 0.3 is 0 Å². The summed E-state index contributed by atoms with van der Waals surface area (Å²) in [4.78, 5) is 13.6. The first-order chi connectivity index (χ1) is 7.70. The van der Waals surface area contributed by atoms with Crippen LogP contribution in [0.2, 0.25) is 0 Å². The monoisotopic (exact) mass is 220 g/mol. The maximum atomic E-state index is 12.3. The van der Waals surface area contributed by atoms with Crippen molar-refractivity contribution in [1.29, 1.82) is 10.5 Å². The second-order valence-electron chi connectivity index (χ2n) is 4.04. The Hall–Kier alpha value is -1.59. The van der Waals surface area contributed by atoms with Crippen molar-refractivity contribution < 1.29 is 4.79 Å². The van der Waals surface area contributed by atoms with Crippen LogP contribution in [0.1, 0.15) is 19.8 Å². The molecule has 1 rings (SSSR count). The van der Waals surface area contributed by atoms with Crippen LogP contribution in [0.25, 0.3) is 0 Å². The highest BCUT2D eigenvalue weighted by Gasteiger charge is 2.41. The molecular formula is C11H16N4O. The number of carbonyl (C=O) groups is 1. The summed E-state index contributed by atoms with van der Waals surface area (Å²) in [5.74, 6) is -0.0666. The molecule has 1 unspecified atom stereocenters. The van der Waals surface area contributed by atoms with E-state index in [4.69, 9.17) is 10.5 Å². The van der Waals surface area contributed by atoms with Gasteiger partial charge in [0.25, 0.3) is 0 Å². The molecule has 0 aliphatic carbocycles. The van der Waals surface area contributed by atoms with Gasteiger partial charge in [-0.3, -0.25) is 4.79 Å². The summed E-state index contributed by atoms with van der Waals surface area (Å²) in [5.41, 5.74) is -0.409. The summed E-state index contributed by atoms with van der Waals surface area (Å²) in [6.07, 6.45) is 1.53. The zero-order valence-electron chi connectivity index (χ0n) is 9.49. The average Bonchev–Trinajstić information content (AvgIpc) is 2.77. The molecule has 0 spiro atoms. The van der Waals surface area contributed by atoms with E-state index in [1.165, 1.54) is 4.90 Å². The minimum atomic E-state index is -0.409. The van der Waals surface area contributed by atoms with E-state index in [9.17, 15) is 4.79 Å². The van der Waals surface area contributed by atoms with Gasteiger partial charge in [-0.05, 0) is 19.4 Å². The van der Waals surface area contributed by atoms with E-state index in [0.29, 0.717) is 6.54 Å². The lowest BCUT2D eigenvalue weighted by atomic mass is 9.82. The number of carbonyl (C=O) groups excluding carboxylic acids is 1. The van der Waals surface area contributed by atoms with Crippen molar-refractivity contribution in [2.24, 2.45) is 5.41 Å². The number of nitriles is 2. The van der Waals surface area contributed by atoms with Crippen LogP contribution < -0.4 is 5.32 Å². The van der Waals surface area contributed by atoms with Crippen molar-refractivity contribution in [3.8, 4) is 12.1 Å². The lowest BCUT2D eigenvalue weighted by Gasteiger charge is -2.30. The van der Waals surface area contributed by atoms with Crippen LogP contribution in [0, 0.1) is 28.1 Å². The lowest BCUT2D eigenvalue weighted by Crippen LogP contribution is -2.45. The molecule has 1 saturated heterocycles. The third-order valence-electron chi connectivity index (χ3n) is 3.18. The maximum Gasteiger partial charge on any atom is 0.231 e. The summed E-state index contributed by atoms with van der Waals surface area (Å²) >= 11 is 0. The third kappa shape index (κ3) is 2.32. The van der Waals surface area contributed by atoms with Gasteiger partial charge in [0, 0.05) is 6.54 Å². The molecule has 1 heterocycles. The Morgan fingerprint density at radius 2 is 2.06 bits per heavy atom. The first-order valence-electron chi connectivity index (χ1n) is 5.44. The van der Waals surface area contributed by atoms with Crippen LogP contribution in [0.3, 0.4) is 0 Å². The predicted octanol–water partition coefficient (Wildman–Crippen LogP) is 0.252. The topological polar surface area (TPSA) is 79.9 Å². The van der Waals surface area contributed by atoms with Gasteiger partial charge in [-0.25, -0.2) is 0 Å². The van der Waals surface area contributed by atoms with E-state index in [-0.39, 0.29) is 19.0 Å². The van der Waals surface area contributed by atoms with Crippen LogP contribution >= 0.6 is 0 Å². The summed E-state index contributed by atoms with van der Waals surface area (Å²) in [6, 6.07) is 3.86. The molecule has 0 aromatic heterocycles. The molecule has 86 valence electrons.